The van der Waals surface area contributed by atoms with Gasteiger partial charge in [0.1, 0.15) is 5.69 Å². The predicted octanol–water partition coefficient (Wildman–Crippen LogP) is 1.91. The molecule has 0 saturated carbocycles. The van der Waals surface area contributed by atoms with Gasteiger partial charge in [-0.1, -0.05) is 6.92 Å². The Hall–Kier alpha value is -2.62. The fourth-order valence-electron chi connectivity index (χ4n) is 2.55. The molecule has 9 nitrogen and oxygen atoms in total. The third kappa shape index (κ3) is 3.90. The molecule has 0 saturated heterocycles. The van der Waals surface area contributed by atoms with E-state index in [1.54, 1.807) is 11.7 Å². The maximum Gasteiger partial charge on any atom is 0.293 e. The van der Waals surface area contributed by atoms with Crippen LogP contribution in [0.2, 0.25) is 0 Å². The lowest BCUT2D eigenvalue weighted by Gasteiger charge is -2.10. The van der Waals surface area contributed by atoms with Crippen molar-refractivity contribution in [3.05, 3.63) is 39.6 Å². The van der Waals surface area contributed by atoms with Crippen molar-refractivity contribution < 1.29 is 18.1 Å². The minimum Gasteiger partial charge on any atom is -0.481 e. The molecule has 0 radical (unpaired) electrons. The zero-order valence-corrected chi connectivity index (χ0v) is 15.3. The van der Waals surface area contributed by atoms with Crippen molar-refractivity contribution in [2.24, 2.45) is 7.05 Å². The van der Waals surface area contributed by atoms with Crippen LogP contribution in [0.15, 0.2) is 23.1 Å². The Morgan fingerprint density at radius 2 is 2.08 bits per heavy atom. The number of aromatic nitrogens is 2. The van der Waals surface area contributed by atoms with Gasteiger partial charge in [-0.15, -0.1) is 0 Å². The number of aryl methyl sites for hydroxylation is 2. The lowest BCUT2D eigenvalue weighted by molar-refractivity contribution is -0.384. The molecule has 2 aromatic rings. The zero-order valence-electron chi connectivity index (χ0n) is 14.4. The van der Waals surface area contributed by atoms with E-state index in [0.717, 1.165) is 23.6 Å². The Morgan fingerprint density at radius 3 is 2.60 bits per heavy atom. The topological polar surface area (TPSA) is 116 Å². The van der Waals surface area contributed by atoms with Crippen LogP contribution in [0, 0.1) is 10.1 Å². The first-order valence-corrected chi connectivity index (χ1v) is 9.39. The van der Waals surface area contributed by atoms with Gasteiger partial charge in [0, 0.05) is 25.9 Å². The summed E-state index contributed by atoms with van der Waals surface area (Å²) in [6.45, 7) is 2.22. The largest absolute Gasteiger partial charge is 0.481 e. The first kappa shape index (κ1) is 18.7. The third-order valence-electron chi connectivity index (χ3n) is 3.75. The minimum atomic E-state index is -3.53. The number of nitro benzene ring substituents is 1. The SMILES string of the molecule is CCc1nn(C)c(OC)c1CNc1ccc(S(C)(=O)=O)cc1[N+](=O)[O-]. The van der Waals surface area contributed by atoms with Crippen LogP contribution >= 0.6 is 0 Å². The molecule has 0 aliphatic rings. The van der Waals surface area contributed by atoms with E-state index >= 15 is 0 Å². The third-order valence-corrected chi connectivity index (χ3v) is 4.86. The fraction of sp³-hybridized carbons (Fsp3) is 0.400. The maximum absolute atomic E-state index is 11.6. The van der Waals surface area contributed by atoms with Gasteiger partial charge in [-0.3, -0.25) is 10.1 Å². The molecule has 25 heavy (non-hydrogen) atoms. The minimum absolute atomic E-state index is 0.0991. The Morgan fingerprint density at radius 1 is 1.40 bits per heavy atom. The van der Waals surface area contributed by atoms with Gasteiger partial charge in [-0.05, 0) is 18.6 Å². The summed E-state index contributed by atoms with van der Waals surface area (Å²) in [4.78, 5) is 10.6. The van der Waals surface area contributed by atoms with E-state index in [-0.39, 0.29) is 22.8 Å². The molecule has 0 amide bonds. The second-order valence-corrected chi connectivity index (χ2v) is 7.49. The Balaban J connectivity index is 2.37. The molecule has 0 fully saturated rings. The Labute approximate surface area is 145 Å². The highest BCUT2D eigenvalue weighted by Crippen LogP contribution is 2.29. The second-order valence-electron chi connectivity index (χ2n) is 5.47. The summed E-state index contributed by atoms with van der Waals surface area (Å²) in [7, 11) is -0.240. The molecular weight excluding hydrogens is 348 g/mol. The molecule has 0 bridgehead atoms. The normalized spacial score (nSPS) is 11.4. The summed E-state index contributed by atoms with van der Waals surface area (Å²) >= 11 is 0. The number of hydrogen-bond donors (Lipinski definition) is 1. The number of nitrogens with one attached hydrogen (secondary N) is 1. The standard InChI is InChI=1S/C15H20N4O5S/c1-5-12-11(15(24-3)18(2)17-12)9-16-13-7-6-10(25(4,22)23)8-14(13)19(20)21/h6-8,16H,5,9H2,1-4H3. The monoisotopic (exact) mass is 368 g/mol. The van der Waals surface area contributed by atoms with Crippen molar-refractivity contribution in [2.75, 3.05) is 18.7 Å². The van der Waals surface area contributed by atoms with Gasteiger partial charge in [0.25, 0.3) is 5.69 Å². The first-order valence-electron chi connectivity index (χ1n) is 7.50. The average Bonchev–Trinajstić information content (AvgIpc) is 2.86. The summed E-state index contributed by atoms with van der Waals surface area (Å²) in [6, 6.07) is 3.79. The van der Waals surface area contributed by atoms with Gasteiger partial charge in [0.05, 0.1) is 28.2 Å². The number of ether oxygens (including phenoxy) is 1. The summed E-state index contributed by atoms with van der Waals surface area (Å²) in [5.41, 5.74) is 1.55. The highest BCUT2D eigenvalue weighted by Gasteiger charge is 2.20. The quantitative estimate of drug-likeness (QED) is 0.586. The molecule has 0 unspecified atom stereocenters. The molecule has 10 heteroatoms. The van der Waals surface area contributed by atoms with Crippen molar-refractivity contribution in [1.29, 1.82) is 0 Å². The lowest BCUT2D eigenvalue weighted by atomic mass is 10.2. The van der Waals surface area contributed by atoms with Crippen LogP contribution in [-0.2, 0) is 29.9 Å². The summed E-state index contributed by atoms with van der Waals surface area (Å²) in [6.07, 6.45) is 1.69. The molecule has 0 atom stereocenters. The van der Waals surface area contributed by atoms with Gasteiger partial charge in [-0.25, -0.2) is 13.1 Å². The van der Waals surface area contributed by atoms with Crippen molar-refractivity contribution in [3.63, 3.8) is 0 Å². The van der Waals surface area contributed by atoms with E-state index in [1.165, 1.54) is 19.2 Å². The van der Waals surface area contributed by atoms with Gasteiger partial charge in [0.15, 0.2) is 9.84 Å². The number of rotatable bonds is 7. The zero-order chi connectivity index (χ0) is 18.8. The van der Waals surface area contributed by atoms with Crippen molar-refractivity contribution in [2.45, 2.75) is 24.8 Å². The van der Waals surface area contributed by atoms with E-state index in [2.05, 4.69) is 10.4 Å². The molecule has 0 aliphatic carbocycles. The van der Waals surface area contributed by atoms with Crippen molar-refractivity contribution >= 4 is 21.2 Å². The highest BCUT2D eigenvalue weighted by molar-refractivity contribution is 7.90. The van der Waals surface area contributed by atoms with Gasteiger partial charge >= 0.3 is 0 Å². The average molecular weight is 368 g/mol. The number of hydrogen-bond acceptors (Lipinski definition) is 7. The Kier molecular flexibility index (Phi) is 5.31. The van der Waals surface area contributed by atoms with Crippen LogP contribution in [0.1, 0.15) is 18.2 Å². The highest BCUT2D eigenvalue weighted by atomic mass is 32.2. The van der Waals surface area contributed by atoms with Crippen LogP contribution in [-0.4, -0.2) is 36.5 Å². The molecular formula is C15H20N4O5S. The predicted molar refractivity (Wildman–Crippen MR) is 92.7 cm³/mol. The second kappa shape index (κ2) is 7.09. The van der Waals surface area contributed by atoms with Crippen LogP contribution in [0.3, 0.4) is 0 Å². The smallest absolute Gasteiger partial charge is 0.293 e. The first-order chi connectivity index (χ1) is 11.7. The number of nitrogens with zero attached hydrogens (tertiary/aromatic N) is 3. The molecule has 1 N–H and O–H groups in total. The van der Waals surface area contributed by atoms with Gasteiger partial charge in [0.2, 0.25) is 5.88 Å². The van der Waals surface area contributed by atoms with E-state index in [1.807, 2.05) is 6.92 Å². The number of anilines is 1. The molecule has 1 heterocycles. The molecule has 0 aliphatic heterocycles. The number of benzene rings is 1. The fourth-order valence-corrected chi connectivity index (χ4v) is 3.19. The van der Waals surface area contributed by atoms with Crippen LogP contribution in [0.5, 0.6) is 5.88 Å². The molecule has 2 rings (SSSR count). The number of nitro groups is 1. The summed E-state index contributed by atoms with van der Waals surface area (Å²) in [5, 5.41) is 18.6. The van der Waals surface area contributed by atoms with E-state index < -0.39 is 14.8 Å². The van der Waals surface area contributed by atoms with E-state index in [9.17, 15) is 18.5 Å². The number of methoxy groups -OCH3 is 1. The van der Waals surface area contributed by atoms with E-state index in [0.29, 0.717) is 12.3 Å². The van der Waals surface area contributed by atoms with Crippen molar-refractivity contribution in [3.8, 4) is 5.88 Å². The molecule has 0 spiro atoms. The van der Waals surface area contributed by atoms with E-state index in [4.69, 9.17) is 4.74 Å². The van der Waals surface area contributed by atoms with Crippen LogP contribution < -0.4 is 10.1 Å². The molecule has 1 aromatic carbocycles. The van der Waals surface area contributed by atoms with Gasteiger partial charge < -0.3 is 10.1 Å². The molecule has 1 aromatic heterocycles. The van der Waals surface area contributed by atoms with Gasteiger partial charge in [-0.2, -0.15) is 5.10 Å². The van der Waals surface area contributed by atoms with Crippen LogP contribution in [0.4, 0.5) is 11.4 Å². The van der Waals surface area contributed by atoms with Crippen LogP contribution in [0.25, 0.3) is 0 Å². The summed E-state index contributed by atoms with van der Waals surface area (Å²) < 4.78 is 30.1. The maximum atomic E-state index is 11.6. The number of sulfone groups is 1. The lowest BCUT2D eigenvalue weighted by Crippen LogP contribution is -2.07. The molecule has 136 valence electrons. The summed E-state index contributed by atoms with van der Waals surface area (Å²) in [5.74, 6) is 0.569. The Bertz CT molecular complexity index is 905. The van der Waals surface area contributed by atoms with Crippen molar-refractivity contribution in [1.82, 2.24) is 9.78 Å².